The van der Waals surface area contributed by atoms with Crippen LogP contribution in [0.15, 0.2) is 65.5 Å². The van der Waals surface area contributed by atoms with E-state index in [1.807, 2.05) is 35.2 Å². The molecule has 0 unspecified atom stereocenters. The van der Waals surface area contributed by atoms with Crippen LogP contribution >= 0.6 is 0 Å². The Kier molecular flexibility index (Phi) is 12.9. The Morgan fingerprint density at radius 2 is 1.66 bits per heavy atom. The zero-order chi connectivity index (χ0) is 35.5. The van der Waals surface area contributed by atoms with E-state index in [0.29, 0.717) is 48.7 Å². The van der Waals surface area contributed by atoms with Crippen LogP contribution in [-0.4, -0.2) is 82.2 Å². The average molecular weight is 683 g/mol. The molecule has 1 fully saturated rings. The minimum atomic E-state index is -0.360. The Hall–Kier alpha value is -4.83. The molecule has 50 heavy (non-hydrogen) atoms. The Balaban J connectivity index is 1.16. The molecule has 1 heterocycles. The van der Waals surface area contributed by atoms with Crippen molar-refractivity contribution in [1.82, 2.24) is 15.1 Å². The molecular weight excluding hydrogens is 632 g/mol. The number of benzene rings is 2. The quantitative estimate of drug-likeness (QED) is 0.209. The van der Waals surface area contributed by atoms with E-state index < -0.39 is 0 Å². The number of amides is 2. The van der Waals surface area contributed by atoms with Gasteiger partial charge in [-0.05, 0) is 66.1 Å². The van der Waals surface area contributed by atoms with Gasteiger partial charge < -0.3 is 29.7 Å². The number of carbonyl (C=O) groups excluding carboxylic acids is 2. The zero-order valence-electron chi connectivity index (χ0n) is 29.8. The minimum absolute atomic E-state index is 0.158. The summed E-state index contributed by atoms with van der Waals surface area (Å²) in [4.78, 5) is 43.0. The summed E-state index contributed by atoms with van der Waals surface area (Å²) in [7, 11) is 4.74. The third-order valence-corrected chi connectivity index (χ3v) is 9.50. The molecule has 2 amide bonds. The normalized spacial score (nSPS) is 15.8. The largest absolute Gasteiger partial charge is 0.493 e. The first kappa shape index (κ1) is 36.5. The molecule has 1 aliphatic heterocycles. The molecule has 0 spiro atoms. The van der Waals surface area contributed by atoms with Crippen LogP contribution in [-0.2, 0) is 16.0 Å². The van der Waals surface area contributed by atoms with Gasteiger partial charge in [-0.1, -0.05) is 55.0 Å². The number of rotatable bonds is 14. The van der Waals surface area contributed by atoms with Crippen molar-refractivity contribution >= 4 is 23.6 Å². The first-order valence-electron chi connectivity index (χ1n) is 17.6. The SMILES string of the molecule is COc1cc2c(c(OC)c1OC)-c1ccc(NCCCCCC(=O)N3CCN(C/C=C/c4ccccc4)CC3)c(=O)cc1[C@@H](NC(C)=O)CC2. The molecule has 5 rings (SSSR count). The Labute approximate surface area is 295 Å². The van der Waals surface area contributed by atoms with Crippen molar-refractivity contribution in [1.29, 1.82) is 0 Å². The highest BCUT2D eigenvalue weighted by molar-refractivity contribution is 5.84. The van der Waals surface area contributed by atoms with Gasteiger partial charge in [0.25, 0.3) is 0 Å². The smallest absolute Gasteiger partial charge is 0.222 e. The van der Waals surface area contributed by atoms with Gasteiger partial charge in [0.05, 0.1) is 33.1 Å². The fourth-order valence-electron chi connectivity index (χ4n) is 6.89. The fraction of sp³-hybridized carbons (Fsp3) is 0.425. The lowest BCUT2D eigenvalue weighted by Crippen LogP contribution is -2.48. The maximum atomic E-state index is 13.5. The van der Waals surface area contributed by atoms with Gasteiger partial charge in [-0.2, -0.15) is 0 Å². The summed E-state index contributed by atoms with van der Waals surface area (Å²) in [5, 5.41) is 6.37. The second-order valence-electron chi connectivity index (χ2n) is 12.8. The maximum Gasteiger partial charge on any atom is 0.222 e. The maximum absolute atomic E-state index is 13.5. The highest BCUT2D eigenvalue weighted by Crippen LogP contribution is 2.50. The van der Waals surface area contributed by atoms with Crippen LogP contribution in [0.25, 0.3) is 17.2 Å². The van der Waals surface area contributed by atoms with Gasteiger partial charge in [0.15, 0.2) is 11.5 Å². The van der Waals surface area contributed by atoms with Crippen molar-refractivity contribution in [3.05, 3.63) is 87.6 Å². The van der Waals surface area contributed by atoms with Gasteiger partial charge in [-0.15, -0.1) is 0 Å². The monoisotopic (exact) mass is 682 g/mol. The predicted molar refractivity (Wildman–Crippen MR) is 198 cm³/mol. The summed E-state index contributed by atoms with van der Waals surface area (Å²) in [6, 6.07) is 17.2. The number of unbranched alkanes of at least 4 members (excludes halogenated alkanes) is 2. The van der Waals surface area contributed by atoms with Crippen molar-refractivity contribution in [2.75, 3.05) is 65.9 Å². The van der Waals surface area contributed by atoms with Crippen LogP contribution in [0.5, 0.6) is 17.2 Å². The molecule has 1 atom stereocenters. The third kappa shape index (κ3) is 9.04. The minimum Gasteiger partial charge on any atom is -0.493 e. The van der Waals surface area contributed by atoms with Crippen LogP contribution in [0, 0.1) is 0 Å². The molecule has 0 bridgehead atoms. The van der Waals surface area contributed by atoms with Gasteiger partial charge in [-0.25, -0.2) is 0 Å². The van der Waals surface area contributed by atoms with Gasteiger partial charge in [0.2, 0.25) is 23.0 Å². The van der Waals surface area contributed by atoms with E-state index >= 15 is 0 Å². The Bertz CT molecular complexity index is 1720. The molecule has 0 radical (unpaired) electrons. The first-order valence-corrected chi connectivity index (χ1v) is 17.6. The van der Waals surface area contributed by atoms with E-state index in [4.69, 9.17) is 14.2 Å². The number of ether oxygens (including phenoxy) is 3. The van der Waals surface area contributed by atoms with Gasteiger partial charge in [0.1, 0.15) is 0 Å². The summed E-state index contributed by atoms with van der Waals surface area (Å²) in [5.41, 5.74) is 4.84. The van der Waals surface area contributed by atoms with Crippen molar-refractivity contribution in [3.8, 4) is 28.4 Å². The number of hydrogen-bond acceptors (Lipinski definition) is 8. The standard InChI is InChI=1S/C40H50N4O6/c1-28(45)42-33-18-16-30-26-36(48-2)39(49-3)40(50-4)38(30)31-17-19-34(35(46)27-32(31)33)41-20-10-6-9-15-37(47)44-24-22-43(23-25-44)21-11-14-29-12-7-5-8-13-29/h5,7-8,11-14,17,19,26-27,33H,6,9-10,15-16,18,20-25H2,1-4H3,(H,41,46)(H,42,45)/b14-11+/t33-/m0/s1. The van der Waals surface area contributed by atoms with Crippen molar-refractivity contribution in [2.45, 2.75) is 51.5 Å². The van der Waals surface area contributed by atoms with Crippen molar-refractivity contribution in [2.24, 2.45) is 0 Å². The molecule has 0 aromatic heterocycles. The van der Waals surface area contributed by atoms with Crippen LogP contribution in [0.2, 0.25) is 0 Å². The molecule has 10 heteroatoms. The van der Waals surface area contributed by atoms with E-state index in [0.717, 1.165) is 74.2 Å². The molecule has 266 valence electrons. The van der Waals surface area contributed by atoms with Gasteiger partial charge >= 0.3 is 0 Å². The van der Waals surface area contributed by atoms with Crippen LogP contribution < -0.4 is 30.3 Å². The molecule has 0 saturated carbocycles. The number of carbonyl (C=O) groups is 2. The van der Waals surface area contributed by atoms with Crippen LogP contribution in [0.1, 0.15) is 61.8 Å². The van der Waals surface area contributed by atoms with E-state index in [-0.39, 0.29) is 23.3 Å². The number of fused-ring (bicyclic) bond motifs is 3. The summed E-state index contributed by atoms with van der Waals surface area (Å²) >= 11 is 0. The Morgan fingerprint density at radius 1 is 0.900 bits per heavy atom. The predicted octanol–water partition coefficient (Wildman–Crippen LogP) is 5.69. The second kappa shape index (κ2) is 17.7. The molecule has 1 saturated heterocycles. The second-order valence-corrected chi connectivity index (χ2v) is 12.8. The highest BCUT2D eigenvalue weighted by Gasteiger charge is 2.29. The van der Waals surface area contributed by atoms with E-state index in [2.05, 4.69) is 39.8 Å². The third-order valence-electron chi connectivity index (χ3n) is 9.50. The zero-order valence-corrected chi connectivity index (χ0v) is 29.8. The summed E-state index contributed by atoms with van der Waals surface area (Å²) in [5.74, 6) is 1.60. The molecule has 10 nitrogen and oxygen atoms in total. The molecule has 3 aromatic rings. The van der Waals surface area contributed by atoms with Crippen molar-refractivity contribution < 1.29 is 23.8 Å². The van der Waals surface area contributed by atoms with Gasteiger partial charge in [0, 0.05) is 58.2 Å². The van der Waals surface area contributed by atoms with E-state index in [9.17, 15) is 14.4 Å². The van der Waals surface area contributed by atoms with Crippen molar-refractivity contribution in [3.63, 3.8) is 0 Å². The van der Waals surface area contributed by atoms with Crippen LogP contribution in [0.4, 0.5) is 5.69 Å². The number of piperazine rings is 1. The van der Waals surface area contributed by atoms with Crippen LogP contribution in [0.3, 0.4) is 0 Å². The molecule has 3 aromatic carbocycles. The number of aryl methyl sites for hydroxylation is 1. The number of nitrogens with one attached hydrogen (secondary N) is 2. The fourth-order valence-corrected chi connectivity index (χ4v) is 6.89. The summed E-state index contributed by atoms with van der Waals surface area (Å²) in [6.45, 7) is 6.27. The summed E-state index contributed by atoms with van der Waals surface area (Å²) in [6.07, 6.45) is 8.63. The average Bonchev–Trinajstić information content (AvgIpc) is 3.37. The number of nitrogens with zero attached hydrogens (tertiary/aromatic N) is 2. The van der Waals surface area contributed by atoms with E-state index in [1.165, 1.54) is 12.5 Å². The number of anilines is 1. The lowest BCUT2D eigenvalue weighted by atomic mass is 9.95. The lowest BCUT2D eigenvalue weighted by molar-refractivity contribution is -0.133. The molecular formula is C40H50N4O6. The first-order chi connectivity index (χ1) is 24.3. The van der Waals surface area contributed by atoms with Gasteiger partial charge in [-0.3, -0.25) is 19.3 Å². The number of methoxy groups -OCH3 is 3. The number of hydrogen-bond donors (Lipinski definition) is 2. The molecule has 2 N–H and O–H groups in total. The summed E-state index contributed by atoms with van der Waals surface area (Å²) < 4.78 is 17.2. The Morgan fingerprint density at radius 3 is 2.36 bits per heavy atom. The topological polar surface area (TPSA) is 109 Å². The molecule has 1 aliphatic carbocycles. The molecule has 2 aliphatic rings. The van der Waals surface area contributed by atoms with E-state index in [1.54, 1.807) is 33.5 Å². The lowest BCUT2D eigenvalue weighted by Gasteiger charge is -2.34. The highest BCUT2D eigenvalue weighted by atomic mass is 16.5.